The van der Waals surface area contributed by atoms with Crippen LogP contribution >= 0.6 is 0 Å². The van der Waals surface area contributed by atoms with Crippen LogP contribution in [0.1, 0.15) is 43.7 Å². The maximum Gasteiger partial charge on any atom is 0.0323 e. The van der Waals surface area contributed by atoms with E-state index in [0.717, 1.165) is 0 Å². The fourth-order valence-corrected chi connectivity index (χ4v) is 2.83. The van der Waals surface area contributed by atoms with Crippen LogP contribution in [0, 0.1) is 5.92 Å². The van der Waals surface area contributed by atoms with Gasteiger partial charge in [-0.15, -0.1) is 0 Å². The van der Waals surface area contributed by atoms with E-state index < -0.39 is 0 Å². The summed E-state index contributed by atoms with van der Waals surface area (Å²) >= 11 is 0. The second-order valence-corrected chi connectivity index (χ2v) is 5.49. The summed E-state index contributed by atoms with van der Waals surface area (Å²) in [5, 5.41) is 0. The molecule has 20 heavy (non-hydrogen) atoms. The van der Waals surface area contributed by atoms with Crippen LogP contribution in [-0.2, 0) is 0 Å². The van der Waals surface area contributed by atoms with Gasteiger partial charge in [0.2, 0.25) is 0 Å². The van der Waals surface area contributed by atoms with Crippen molar-refractivity contribution in [2.75, 3.05) is 0 Å². The standard InChI is InChI=1S/C13H19N.C6H6/c14-13(11-7-3-1-4-8-11)12-9-5-2-6-10-12;1-2-4-6-5-3-1/h1,3-4,7-8,12-13H,2,5-6,9-10,14H2;1-6H. The monoisotopic (exact) mass is 267 g/mol. The Hall–Kier alpha value is -1.60. The van der Waals surface area contributed by atoms with Gasteiger partial charge in [-0.25, -0.2) is 0 Å². The molecule has 0 aromatic heterocycles. The Kier molecular flexibility index (Phi) is 6.33. The average molecular weight is 267 g/mol. The maximum atomic E-state index is 6.27. The lowest BCUT2D eigenvalue weighted by Crippen LogP contribution is -2.23. The lowest BCUT2D eigenvalue weighted by Gasteiger charge is -2.27. The molecule has 0 spiro atoms. The molecule has 1 unspecified atom stereocenters. The molecule has 1 nitrogen and oxygen atoms in total. The Bertz CT molecular complexity index is 419. The number of rotatable bonds is 2. The lowest BCUT2D eigenvalue weighted by atomic mass is 9.82. The molecule has 1 atom stereocenters. The van der Waals surface area contributed by atoms with Gasteiger partial charge in [-0.2, -0.15) is 0 Å². The van der Waals surface area contributed by atoms with E-state index in [-0.39, 0.29) is 6.04 Å². The normalized spacial score (nSPS) is 16.9. The summed E-state index contributed by atoms with van der Waals surface area (Å²) in [4.78, 5) is 0. The Labute approximate surface area is 122 Å². The smallest absolute Gasteiger partial charge is 0.0323 e. The largest absolute Gasteiger partial charge is 0.324 e. The van der Waals surface area contributed by atoms with E-state index >= 15 is 0 Å². The number of benzene rings is 2. The van der Waals surface area contributed by atoms with E-state index in [1.54, 1.807) is 0 Å². The van der Waals surface area contributed by atoms with Crippen molar-refractivity contribution in [2.45, 2.75) is 38.1 Å². The highest BCUT2D eigenvalue weighted by atomic mass is 14.7. The second-order valence-electron chi connectivity index (χ2n) is 5.49. The molecule has 3 rings (SSSR count). The molecule has 0 aliphatic heterocycles. The zero-order valence-corrected chi connectivity index (χ0v) is 12.1. The fourth-order valence-electron chi connectivity index (χ4n) is 2.83. The minimum atomic E-state index is 0.261. The molecule has 1 fully saturated rings. The molecule has 0 bridgehead atoms. The molecule has 0 heterocycles. The van der Waals surface area contributed by atoms with Gasteiger partial charge in [0.1, 0.15) is 0 Å². The third-order valence-corrected chi connectivity index (χ3v) is 4.01. The minimum absolute atomic E-state index is 0.261. The van der Waals surface area contributed by atoms with Crippen LogP contribution in [-0.4, -0.2) is 0 Å². The van der Waals surface area contributed by atoms with E-state index in [4.69, 9.17) is 5.73 Å². The van der Waals surface area contributed by atoms with E-state index in [2.05, 4.69) is 30.3 Å². The van der Waals surface area contributed by atoms with E-state index in [1.807, 2.05) is 36.4 Å². The van der Waals surface area contributed by atoms with Crippen LogP contribution in [0.4, 0.5) is 0 Å². The van der Waals surface area contributed by atoms with Gasteiger partial charge in [0, 0.05) is 6.04 Å². The van der Waals surface area contributed by atoms with Crippen molar-refractivity contribution >= 4 is 0 Å². The Morgan fingerprint density at radius 2 is 1.15 bits per heavy atom. The highest BCUT2D eigenvalue weighted by molar-refractivity contribution is 5.19. The number of hydrogen-bond donors (Lipinski definition) is 1. The third kappa shape index (κ3) is 4.82. The molecule has 0 saturated heterocycles. The molecule has 0 radical (unpaired) electrons. The third-order valence-electron chi connectivity index (χ3n) is 4.01. The highest BCUT2D eigenvalue weighted by Crippen LogP contribution is 2.32. The van der Waals surface area contributed by atoms with Gasteiger partial charge in [0.15, 0.2) is 0 Å². The van der Waals surface area contributed by atoms with Crippen molar-refractivity contribution < 1.29 is 0 Å². The van der Waals surface area contributed by atoms with Gasteiger partial charge in [-0.1, -0.05) is 86.0 Å². The Balaban J connectivity index is 0.000000205. The molecule has 0 amide bonds. The van der Waals surface area contributed by atoms with Crippen molar-refractivity contribution in [3.05, 3.63) is 72.3 Å². The summed E-state index contributed by atoms with van der Waals surface area (Å²) in [5.41, 5.74) is 7.57. The fraction of sp³-hybridized carbons (Fsp3) is 0.368. The lowest BCUT2D eigenvalue weighted by molar-refractivity contribution is 0.308. The summed E-state index contributed by atoms with van der Waals surface area (Å²) < 4.78 is 0. The predicted octanol–water partition coefficient (Wildman–Crippen LogP) is 4.95. The second kappa shape index (κ2) is 8.55. The van der Waals surface area contributed by atoms with E-state index in [9.17, 15) is 0 Å². The van der Waals surface area contributed by atoms with Crippen molar-refractivity contribution in [2.24, 2.45) is 11.7 Å². The summed E-state index contributed by atoms with van der Waals surface area (Å²) in [6.07, 6.45) is 6.76. The molecule has 106 valence electrons. The molecular formula is C19H25N. The maximum absolute atomic E-state index is 6.27. The molecule has 1 saturated carbocycles. The summed E-state index contributed by atoms with van der Waals surface area (Å²) in [7, 11) is 0. The molecule has 1 aliphatic carbocycles. The van der Waals surface area contributed by atoms with Crippen molar-refractivity contribution in [1.82, 2.24) is 0 Å². The zero-order chi connectivity index (χ0) is 14.0. The van der Waals surface area contributed by atoms with E-state index in [1.165, 1.54) is 37.7 Å². The number of hydrogen-bond acceptors (Lipinski definition) is 1. The van der Waals surface area contributed by atoms with Gasteiger partial charge >= 0.3 is 0 Å². The van der Waals surface area contributed by atoms with E-state index in [0.29, 0.717) is 5.92 Å². The van der Waals surface area contributed by atoms with Crippen molar-refractivity contribution in [3.63, 3.8) is 0 Å². The quantitative estimate of drug-likeness (QED) is 0.818. The van der Waals surface area contributed by atoms with Gasteiger partial charge in [0.05, 0.1) is 0 Å². The molecule has 2 N–H and O–H groups in total. The number of nitrogens with two attached hydrogens (primary N) is 1. The van der Waals surface area contributed by atoms with Crippen LogP contribution in [0.2, 0.25) is 0 Å². The SMILES string of the molecule is NC(c1ccccc1)C1CCCCC1.c1ccccc1. The van der Waals surface area contributed by atoms with Gasteiger partial charge in [-0.3, -0.25) is 0 Å². The van der Waals surface area contributed by atoms with Crippen LogP contribution in [0.3, 0.4) is 0 Å². The first-order valence-electron chi connectivity index (χ1n) is 7.68. The van der Waals surface area contributed by atoms with Crippen LogP contribution in [0.25, 0.3) is 0 Å². The topological polar surface area (TPSA) is 26.0 Å². The predicted molar refractivity (Wildman–Crippen MR) is 86.4 cm³/mol. The van der Waals surface area contributed by atoms with Crippen molar-refractivity contribution in [1.29, 1.82) is 0 Å². The van der Waals surface area contributed by atoms with Crippen LogP contribution in [0.15, 0.2) is 66.7 Å². The minimum Gasteiger partial charge on any atom is -0.324 e. The first-order valence-corrected chi connectivity index (χ1v) is 7.68. The average Bonchev–Trinajstić information content (AvgIpc) is 2.58. The summed E-state index contributed by atoms with van der Waals surface area (Å²) in [6, 6.07) is 22.8. The molecule has 1 heteroatoms. The summed E-state index contributed by atoms with van der Waals surface area (Å²) in [6.45, 7) is 0. The van der Waals surface area contributed by atoms with Gasteiger partial charge in [-0.05, 0) is 24.3 Å². The molecular weight excluding hydrogens is 242 g/mol. The molecule has 2 aromatic carbocycles. The molecule has 2 aromatic rings. The first kappa shape index (κ1) is 14.8. The molecule has 1 aliphatic rings. The Morgan fingerprint density at radius 3 is 1.65 bits per heavy atom. The van der Waals surface area contributed by atoms with Crippen LogP contribution in [0.5, 0.6) is 0 Å². The van der Waals surface area contributed by atoms with Crippen molar-refractivity contribution in [3.8, 4) is 0 Å². The highest BCUT2D eigenvalue weighted by Gasteiger charge is 2.21. The summed E-state index contributed by atoms with van der Waals surface area (Å²) in [5.74, 6) is 0.714. The Morgan fingerprint density at radius 1 is 0.700 bits per heavy atom. The van der Waals surface area contributed by atoms with Gasteiger partial charge < -0.3 is 5.73 Å². The zero-order valence-electron chi connectivity index (χ0n) is 12.1. The van der Waals surface area contributed by atoms with Crippen LogP contribution < -0.4 is 5.73 Å². The van der Waals surface area contributed by atoms with Gasteiger partial charge in [0.25, 0.3) is 0 Å². The first-order chi connectivity index (χ1) is 9.88.